The van der Waals surface area contributed by atoms with Crippen LogP contribution in [-0.2, 0) is 47.9 Å². The van der Waals surface area contributed by atoms with E-state index < -0.39 is 110 Å². The zero-order valence-electron chi connectivity index (χ0n) is 33.9. The molecule has 0 aromatic carbocycles. The monoisotopic (exact) mass is 844 g/mol. The van der Waals surface area contributed by atoms with Crippen LogP contribution in [-0.4, -0.2) is 144 Å². The lowest BCUT2D eigenvalue weighted by Gasteiger charge is -2.18. The Hall–Kier alpha value is -5.38. The summed E-state index contributed by atoms with van der Waals surface area (Å²) in [7, 11) is 0. The van der Waals surface area contributed by atoms with E-state index in [4.69, 9.17) is 5.11 Å². The third-order valence-electron chi connectivity index (χ3n) is 8.60. The number of nitrogens with one attached hydrogen (secondary N) is 8. The Labute approximate surface area is 343 Å². The number of hydrogen-bond donors (Lipinski definition) is 12. The van der Waals surface area contributed by atoms with E-state index in [1.54, 1.807) is 0 Å². The van der Waals surface area contributed by atoms with Gasteiger partial charge >= 0.3 is 11.9 Å². The van der Waals surface area contributed by atoms with Crippen molar-refractivity contribution in [2.75, 3.05) is 45.9 Å². The molecule has 0 radical (unpaired) electrons. The lowest BCUT2D eigenvalue weighted by molar-refractivity contribution is -0.142. The smallest absolute Gasteiger partial charge is 0.326 e. The summed E-state index contributed by atoms with van der Waals surface area (Å²) in [5.74, 6) is -8.25. The number of hydrogen-bond acceptors (Lipinski definition) is 12. The van der Waals surface area contributed by atoms with Gasteiger partial charge in [0.1, 0.15) is 18.1 Å². The fourth-order valence-corrected chi connectivity index (χ4v) is 5.21. The molecule has 3 atom stereocenters. The predicted molar refractivity (Wildman–Crippen MR) is 210 cm³/mol. The SMILES string of the molecule is CCCCNC(=O)CNC(=O)CNC(=O)C(CO)NC(=O)CNC(=O)C(CO)NC(=O)CNC(=O)CCC(NC(=O)CCCCCCCCCCCCC(=O)O)C(=O)O. The number of aliphatic hydroxyl groups excluding tert-OH is 2. The van der Waals surface area contributed by atoms with Crippen LogP contribution >= 0.6 is 0 Å². The summed E-state index contributed by atoms with van der Waals surface area (Å²) in [6, 6.07) is -4.41. The first kappa shape index (κ1) is 53.6. The summed E-state index contributed by atoms with van der Waals surface area (Å²) in [6.45, 7) is -1.66. The van der Waals surface area contributed by atoms with Crippen LogP contribution in [0.1, 0.15) is 110 Å². The van der Waals surface area contributed by atoms with Crippen LogP contribution in [0.2, 0.25) is 0 Å². The molecule has 12 N–H and O–H groups in total. The van der Waals surface area contributed by atoms with E-state index in [0.29, 0.717) is 19.4 Å². The molecule has 0 aromatic rings. The second-order valence-electron chi connectivity index (χ2n) is 13.7. The van der Waals surface area contributed by atoms with Crippen molar-refractivity contribution < 1.29 is 68.4 Å². The predicted octanol–water partition coefficient (Wildman–Crippen LogP) is -2.56. The van der Waals surface area contributed by atoms with E-state index in [1.807, 2.05) is 6.92 Å². The molecular weight excluding hydrogens is 780 g/mol. The molecule has 0 aliphatic carbocycles. The summed E-state index contributed by atoms with van der Waals surface area (Å²) in [4.78, 5) is 120. The third kappa shape index (κ3) is 29.5. The van der Waals surface area contributed by atoms with E-state index >= 15 is 0 Å². The Morgan fingerprint density at radius 2 is 0.831 bits per heavy atom. The fraction of sp³-hybridized carbons (Fsp3) is 0.730. The number of unbranched alkanes of at least 4 members (excludes halogenated alkanes) is 10. The Morgan fingerprint density at radius 1 is 0.424 bits per heavy atom. The molecule has 0 saturated carbocycles. The lowest BCUT2D eigenvalue weighted by Crippen LogP contribution is -2.55. The number of aliphatic hydroxyl groups is 2. The van der Waals surface area contributed by atoms with Crippen molar-refractivity contribution in [2.24, 2.45) is 0 Å². The van der Waals surface area contributed by atoms with Crippen molar-refractivity contribution in [1.29, 1.82) is 0 Å². The topological polar surface area (TPSA) is 348 Å². The molecule has 22 heteroatoms. The maximum absolute atomic E-state index is 12.5. The fourth-order valence-electron chi connectivity index (χ4n) is 5.21. The molecule has 0 heterocycles. The van der Waals surface area contributed by atoms with Crippen molar-refractivity contribution in [2.45, 2.75) is 128 Å². The van der Waals surface area contributed by atoms with E-state index in [0.717, 1.165) is 64.2 Å². The molecule has 0 aliphatic heterocycles. The van der Waals surface area contributed by atoms with Gasteiger partial charge in [0.05, 0.1) is 39.4 Å². The first-order valence-corrected chi connectivity index (χ1v) is 20.0. The van der Waals surface area contributed by atoms with Crippen LogP contribution in [0.3, 0.4) is 0 Å². The summed E-state index contributed by atoms with van der Waals surface area (Å²) in [5, 5.41) is 55.4. The Kier molecular flexibility index (Phi) is 30.5. The van der Waals surface area contributed by atoms with Crippen LogP contribution in [0.25, 0.3) is 0 Å². The highest BCUT2D eigenvalue weighted by molar-refractivity contribution is 5.94. The van der Waals surface area contributed by atoms with E-state index in [9.17, 15) is 63.3 Å². The van der Waals surface area contributed by atoms with Crippen molar-refractivity contribution in [3.63, 3.8) is 0 Å². The molecule has 0 fully saturated rings. The molecule has 336 valence electrons. The number of amides is 8. The van der Waals surface area contributed by atoms with Crippen LogP contribution in [0.4, 0.5) is 0 Å². The Morgan fingerprint density at radius 3 is 1.31 bits per heavy atom. The molecule has 0 aromatic heterocycles. The quantitative estimate of drug-likeness (QED) is 0.0292. The number of carbonyl (C=O) groups is 10. The van der Waals surface area contributed by atoms with Gasteiger partial charge in [-0.05, 0) is 25.7 Å². The van der Waals surface area contributed by atoms with Crippen molar-refractivity contribution in [3.05, 3.63) is 0 Å². The van der Waals surface area contributed by atoms with Gasteiger partial charge in [-0.25, -0.2) is 4.79 Å². The van der Waals surface area contributed by atoms with Gasteiger partial charge in [0, 0.05) is 25.8 Å². The summed E-state index contributed by atoms with van der Waals surface area (Å²) < 4.78 is 0. The summed E-state index contributed by atoms with van der Waals surface area (Å²) >= 11 is 0. The average molecular weight is 845 g/mol. The highest BCUT2D eigenvalue weighted by atomic mass is 16.4. The standard InChI is InChI=1S/C37H64N8O14/c1-2-3-18-38-30(50)19-40-31(51)20-41-35(56)26(23-46)45-33(53)22-42-36(57)27(24-47)44-32(52)21-39-28(48)17-16-25(37(58)59)43-29(49)14-12-10-8-6-4-5-7-9-11-13-15-34(54)55/h25-27,46-47H,2-24H2,1H3,(H,38,50)(H,39,48)(H,40,51)(H,41,56)(H,42,57)(H,43,49)(H,44,52)(H,45,53)(H,54,55)(H,58,59). The van der Waals surface area contributed by atoms with Crippen LogP contribution < -0.4 is 42.5 Å². The number of aliphatic carboxylic acids is 2. The highest BCUT2D eigenvalue weighted by Crippen LogP contribution is 2.12. The van der Waals surface area contributed by atoms with Gasteiger partial charge in [-0.1, -0.05) is 64.7 Å². The first-order valence-electron chi connectivity index (χ1n) is 20.0. The van der Waals surface area contributed by atoms with Crippen LogP contribution in [0.15, 0.2) is 0 Å². The number of carbonyl (C=O) groups excluding carboxylic acids is 8. The molecule has 22 nitrogen and oxygen atoms in total. The van der Waals surface area contributed by atoms with Gasteiger partial charge in [0.15, 0.2) is 0 Å². The van der Waals surface area contributed by atoms with Gasteiger partial charge in [0.25, 0.3) is 0 Å². The zero-order chi connectivity index (χ0) is 44.4. The molecule has 0 bridgehead atoms. The van der Waals surface area contributed by atoms with E-state index in [-0.39, 0.29) is 32.2 Å². The van der Waals surface area contributed by atoms with Gasteiger partial charge in [-0.3, -0.25) is 43.2 Å². The van der Waals surface area contributed by atoms with Gasteiger partial charge in [-0.2, -0.15) is 0 Å². The van der Waals surface area contributed by atoms with Crippen molar-refractivity contribution in [1.82, 2.24) is 42.5 Å². The second-order valence-corrected chi connectivity index (χ2v) is 13.7. The number of carboxylic acids is 2. The van der Waals surface area contributed by atoms with Crippen LogP contribution in [0, 0.1) is 0 Å². The molecule has 0 aliphatic rings. The molecular formula is C37H64N8O14. The number of carboxylic acid groups (broad SMARTS) is 2. The molecule has 0 spiro atoms. The summed E-state index contributed by atoms with van der Waals surface area (Å²) in [5.41, 5.74) is 0. The van der Waals surface area contributed by atoms with E-state index in [2.05, 4.69) is 42.5 Å². The average Bonchev–Trinajstić information content (AvgIpc) is 3.20. The van der Waals surface area contributed by atoms with Crippen LogP contribution in [0.5, 0.6) is 0 Å². The maximum atomic E-state index is 12.5. The molecule has 0 rings (SSSR count). The first-order chi connectivity index (χ1) is 28.1. The maximum Gasteiger partial charge on any atom is 0.326 e. The number of rotatable bonds is 35. The highest BCUT2D eigenvalue weighted by Gasteiger charge is 2.24. The molecule has 59 heavy (non-hydrogen) atoms. The largest absolute Gasteiger partial charge is 0.481 e. The minimum atomic E-state index is -1.56. The second kappa shape index (κ2) is 33.6. The molecule has 8 amide bonds. The summed E-state index contributed by atoms with van der Waals surface area (Å²) in [6.07, 6.45) is 10.4. The van der Waals surface area contributed by atoms with Gasteiger partial charge in [-0.15, -0.1) is 0 Å². The van der Waals surface area contributed by atoms with Crippen molar-refractivity contribution >= 4 is 59.2 Å². The normalized spacial score (nSPS) is 12.1. The Balaban J connectivity index is 4.42. The van der Waals surface area contributed by atoms with Gasteiger partial charge in [0.2, 0.25) is 47.3 Å². The molecule has 0 saturated heterocycles. The van der Waals surface area contributed by atoms with Crippen molar-refractivity contribution in [3.8, 4) is 0 Å². The molecule has 3 unspecified atom stereocenters. The Bertz CT molecular complexity index is 1370. The van der Waals surface area contributed by atoms with E-state index in [1.165, 1.54) is 0 Å². The minimum Gasteiger partial charge on any atom is -0.481 e. The third-order valence-corrected chi connectivity index (χ3v) is 8.60. The van der Waals surface area contributed by atoms with Gasteiger partial charge < -0.3 is 63.0 Å². The lowest BCUT2D eigenvalue weighted by atomic mass is 10.0. The zero-order valence-corrected chi connectivity index (χ0v) is 33.9. The minimum absolute atomic E-state index is 0.120.